The van der Waals surface area contributed by atoms with Crippen molar-refractivity contribution in [1.82, 2.24) is 14.8 Å². The monoisotopic (exact) mass is 354 g/mol. The van der Waals surface area contributed by atoms with Crippen molar-refractivity contribution in [2.24, 2.45) is 4.99 Å². The highest BCUT2D eigenvalue weighted by atomic mass is 79.9. The second-order valence-electron chi connectivity index (χ2n) is 5.27. The largest absolute Gasteiger partial charge is 0.349 e. The number of amidine groups is 1. The first kappa shape index (κ1) is 14.4. The third kappa shape index (κ3) is 3.54. The second-order valence-corrected chi connectivity index (χ2v) is 7.48. The minimum atomic E-state index is 0.647. The Balaban J connectivity index is 1.51. The summed E-state index contributed by atoms with van der Waals surface area (Å²) < 4.78 is 0.916. The Hall–Kier alpha value is -0.590. The van der Waals surface area contributed by atoms with Crippen LogP contribution in [0, 0.1) is 0 Å². The molecule has 3 rings (SSSR count). The van der Waals surface area contributed by atoms with E-state index in [-0.39, 0.29) is 0 Å². The van der Waals surface area contributed by atoms with Gasteiger partial charge in [0.1, 0.15) is 4.60 Å². The number of rotatable bonds is 2. The highest BCUT2D eigenvalue weighted by Gasteiger charge is 2.24. The molecule has 108 valence electrons. The standard InChI is InChI=1S/C14H19BrN4S/c1-11-9-16-14(20-11)19-7-5-18(6-8-19)10-12-3-2-4-13(15)17-12/h2-4,11H,5-10H2,1H3/t11-/m1/s1. The molecule has 2 aliphatic rings. The topological polar surface area (TPSA) is 31.7 Å². The van der Waals surface area contributed by atoms with Crippen LogP contribution >= 0.6 is 27.7 Å². The third-order valence-corrected chi connectivity index (χ3v) is 5.18. The number of thioether (sulfide) groups is 1. The van der Waals surface area contributed by atoms with Crippen molar-refractivity contribution < 1.29 is 0 Å². The summed E-state index contributed by atoms with van der Waals surface area (Å²) in [6.07, 6.45) is 0. The van der Waals surface area contributed by atoms with Crippen LogP contribution in [0.1, 0.15) is 12.6 Å². The van der Waals surface area contributed by atoms with Crippen LogP contribution in [-0.4, -0.2) is 57.9 Å². The van der Waals surface area contributed by atoms with E-state index in [1.165, 1.54) is 5.17 Å². The Morgan fingerprint density at radius 3 is 2.75 bits per heavy atom. The maximum Gasteiger partial charge on any atom is 0.159 e. The molecular formula is C14H19BrN4S. The Morgan fingerprint density at radius 2 is 2.10 bits per heavy atom. The molecule has 0 unspecified atom stereocenters. The van der Waals surface area contributed by atoms with Crippen LogP contribution < -0.4 is 0 Å². The first-order valence-electron chi connectivity index (χ1n) is 7.00. The lowest BCUT2D eigenvalue weighted by Gasteiger charge is -2.35. The molecule has 0 spiro atoms. The van der Waals surface area contributed by atoms with Gasteiger partial charge >= 0.3 is 0 Å². The van der Waals surface area contributed by atoms with E-state index in [1.54, 1.807) is 0 Å². The number of halogens is 1. The highest BCUT2D eigenvalue weighted by molar-refractivity contribution is 9.10. The molecule has 0 aliphatic carbocycles. The molecule has 1 atom stereocenters. The zero-order chi connectivity index (χ0) is 13.9. The molecule has 1 aromatic rings. The Morgan fingerprint density at radius 1 is 1.30 bits per heavy atom. The number of hydrogen-bond acceptors (Lipinski definition) is 5. The molecule has 1 aromatic heterocycles. The first-order valence-corrected chi connectivity index (χ1v) is 8.68. The molecule has 0 N–H and O–H groups in total. The van der Waals surface area contributed by atoms with Gasteiger partial charge in [-0.2, -0.15) is 0 Å². The van der Waals surface area contributed by atoms with E-state index in [1.807, 2.05) is 23.9 Å². The molecule has 3 heterocycles. The molecule has 20 heavy (non-hydrogen) atoms. The molecule has 6 heteroatoms. The first-order chi connectivity index (χ1) is 9.70. The van der Waals surface area contributed by atoms with E-state index in [2.05, 4.69) is 48.7 Å². The van der Waals surface area contributed by atoms with Crippen molar-refractivity contribution in [2.45, 2.75) is 18.7 Å². The molecule has 0 bridgehead atoms. The van der Waals surface area contributed by atoms with E-state index in [9.17, 15) is 0 Å². The zero-order valence-electron chi connectivity index (χ0n) is 11.6. The van der Waals surface area contributed by atoms with E-state index < -0.39 is 0 Å². The number of nitrogens with zero attached hydrogens (tertiary/aromatic N) is 4. The number of pyridine rings is 1. The smallest absolute Gasteiger partial charge is 0.159 e. The Bertz CT molecular complexity index is 500. The van der Waals surface area contributed by atoms with Gasteiger partial charge in [0, 0.05) is 38.0 Å². The number of hydrogen-bond donors (Lipinski definition) is 0. The molecule has 0 aromatic carbocycles. The summed E-state index contributed by atoms with van der Waals surface area (Å²) in [5.74, 6) is 0. The number of aromatic nitrogens is 1. The summed E-state index contributed by atoms with van der Waals surface area (Å²) in [4.78, 5) is 14.0. The third-order valence-electron chi connectivity index (χ3n) is 3.59. The van der Waals surface area contributed by atoms with Crippen LogP contribution in [0.4, 0.5) is 0 Å². The van der Waals surface area contributed by atoms with Crippen molar-refractivity contribution in [1.29, 1.82) is 0 Å². The van der Waals surface area contributed by atoms with Gasteiger partial charge in [0.05, 0.1) is 12.2 Å². The van der Waals surface area contributed by atoms with Gasteiger partial charge in [-0.15, -0.1) is 0 Å². The molecule has 2 aliphatic heterocycles. The van der Waals surface area contributed by atoms with Crippen LogP contribution in [0.3, 0.4) is 0 Å². The van der Waals surface area contributed by atoms with E-state index >= 15 is 0 Å². The Labute approximate surface area is 132 Å². The van der Waals surface area contributed by atoms with Gasteiger partial charge in [-0.1, -0.05) is 24.8 Å². The lowest BCUT2D eigenvalue weighted by atomic mass is 10.3. The second kappa shape index (κ2) is 6.45. The lowest BCUT2D eigenvalue weighted by molar-refractivity contribution is 0.175. The minimum absolute atomic E-state index is 0.647. The summed E-state index contributed by atoms with van der Waals surface area (Å²) >= 11 is 5.35. The van der Waals surface area contributed by atoms with E-state index in [0.29, 0.717) is 5.25 Å². The van der Waals surface area contributed by atoms with Crippen molar-refractivity contribution in [3.63, 3.8) is 0 Å². The fourth-order valence-corrected chi connectivity index (χ4v) is 3.87. The van der Waals surface area contributed by atoms with Gasteiger partial charge in [-0.3, -0.25) is 9.89 Å². The van der Waals surface area contributed by atoms with Crippen molar-refractivity contribution in [2.75, 3.05) is 32.7 Å². The lowest BCUT2D eigenvalue weighted by Crippen LogP contribution is -2.47. The maximum absolute atomic E-state index is 4.63. The summed E-state index contributed by atoms with van der Waals surface area (Å²) in [5, 5.41) is 1.90. The average molecular weight is 355 g/mol. The van der Waals surface area contributed by atoms with Gasteiger partial charge < -0.3 is 4.90 Å². The fourth-order valence-electron chi connectivity index (χ4n) is 2.50. The molecule has 0 radical (unpaired) electrons. The normalized spacial score (nSPS) is 24.0. The van der Waals surface area contributed by atoms with Gasteiger partial charge in [0.15, 0.2) is 5.17 Å². The van der Waals surface area contributed by atoms with Crippen LogP contribution in [0.5, 0.6) is 0 Å². The summed E-state index contributed by atoms with van der Waals surface area (Å²) in [5.41, 5.74) is 1.13. The van der Waals surface area contributed by atoms with Crippen molar-refractivity contribution in [3.05, 3.63) is 28.5 Å². The van der Waals surface area contributed by atoms with Crippen LogP contribution in [0.25, 0.3) is 0 Å². The molecular weight excluding hydrogens is 336 g/mol. The van der Waals surface area contributed by atoms with E-state index in [4.69, 9.17) is 0 Å². The van der Waals surface area contributed by atoms with Crippen LogP contribution in [-0.2, 0) is 6.54 Å². The summed E-state index contributed by atoms with van der Waals surface area (Å²) in [6.45, 7) is 8.48. The molecule has 0 saturated carbocycles. The van der Waals surface area contributed by atoms with Crippen molar-refractivity contribution >= 4 is 32.9 Å². The highest BCUT2D eigenvalue weighted by Crippen LogP contribution is 2.23. The van der Waals surface area contributed by atoms with Gasteiger partial charge in [-0.25, -0.2) is 4.98 Å². The van der Waals surface area contributed by atoms with Crippen LogP contribution in [0.2, 0.25) is 0 Å². The molecule has 1 fully saturated rings. The quantitative estimate of drug-likeness (QED) is 0.763. The minimum Gasteiger partial charge on any atom is -0.349 e. The van der Waals surface area contributed by atoms with Gasteiger partial charge in [0.25, 0.3) is 0 Å². The van der Waals surface area contributed by atoms with Gasteiger partial charge in [-0.05, 0) is 28.1 Å². The van der Waals surface area contributed by atoms with E-state index in [0.717, 1.165) is 49.6 Å². The Kier molecular flexibility index (Phi) is 4.63. The number of aliphatic imine (C=N–C) groups is 1. The fraction of sp³-hybridized carbons (Fsp3) is 0.571. The van der Waals surface area contributed by atoms with Gasteiger partial charge in [0.2, 0.25) is 0 Å². The molecule has 0 amide bonds. The summed E-state index contributed by atoms with van der Waals surface area (Å²) in [7, 11) is 0. The molecule has 4 nitrogen and oxygen atoms in total. The predicted octanol–water partition coefficient (Wildman–Crippen LogP) is 2.45. The summed E-state index contributed by atoms with van der Waals surface area (Å²) in [6, 6.07) is 6.11. The number of piperazine rings is 1. The van der Waals surface area contributed by atoms with Crippen LogP contribution in [0.15, 0.2) is 27.8 Å². The molecule has 1 saturated heterocycles. The maximum atomic E-state index is 4.63. The zero-order valence-corrected chi connectivity index (χ0v) is 14.0. The average Bonchev–Trinajstić information content (AvgIpc) is 2.86. The predicted molar refractivity (Wildman–Crippen MR) is 88.1 cm³/mol. The SMILES string of the molecule is C[C@@H]1CN=C(N2CCN(Cc3cccc(Br)n3)CC2)S1. The van der Waals surface area contributed by atoms with Crippen molar-refractivity contribution in [3.8, 4) is 0 Å².